The van der Waals surface area contributed by atoms with E-state index in [1.165, 1.54) is 0 Å². The standard InChI is InChI=1S/C6H13NO2.K/c1-6(2,5(8)9)7(3)4;/h1-4H3,(H,8,9);/q;+1/p-1. The zero-order valence-electron chi connectivity index (χ0n) is 7.26. The van der Waals surface area contributed by atoms with Crippen molar-refractivity contribution in [1.29, 1.82) is 0 Å². The molecule has 0 aliphatic carbocycles. The van der Waals surface area contributed by atoms with Gasteiger partial charge in [0.15, 0.2) is 0 Å². The summed E-state index contributed by atoms with van der Waals surface area (Å²) in [6.07, 6.45) is 0. The third kappa shape index (κ3) is 3.46. The van der Waals surface area contributed by atoms with Crippen LogP contribution < -0.4 is 56.5 Å². The van der Waals surface area contributed by atoms with E-state index in [0.717, 1.165) is 0 Å². The molecule has 0 aromatic carbocycles. The van der Waals surface area contributed by atoms with Gasteiger partial charge in [0.2, 0.25) is 0 Å². The van der Waals surface area contributed by atoms with E-state index < -0.39 is 11.5 Å². The van der Waals surface area contributed by atoms with Gasteiger partial charge >= 0.3 is 51.4 Å². The van der Waals surface area contributed by atoms with Gasteiger partial charge in [-0.25, -0.2) is 0 Å². The molecule has 10 heavy (non-hydrogen) atoms. The van der Waals surface area contributed by atoms with Crippen LogP contribution in [0, 0.1) is 0 Å². The van der Waals surface area contributed by atoms with Gasteiger partial charge in [-0.1, -0.05) is 0 Å². The number of carboxylic acid groups (broad SMARTS) is 1. The van der Waals surface area contributed by atoms with Crippen molar-refractivity contribution in [3.8, 4) is 0 Å². The Bertz CT molecular complexity index is 123. The molecular formula is C6H12KNO2. The topological polar surface area (TPSA) is 43.4 Å². The fraction of sp³-hybridized carbons (Fsp3) is 0.833. The van der Waals surface area contributed by atoms with Crippen LogP contribution in [0.1, 0.15) is 13.8 Å². The molecule has 54 valence electrons. The average molecular weight is 169 g/mol. The molecule has 0 rings (SSSR count). The zero-order chi connectivity index (χ0) is 7.65. The Morgan fingerprint density at radius 2 is 1.70 bits per heavy atom. The molecule has 0 aromatic rings. The van der Waals surface area contributed by atoms with Gasteiger partial charge in [-0.2, -0.15) is 0 Å². The Balaban J connectivity index is 0. The molecule has 0 saturated heterocycles. The van der Waals surface area contributed by atoms with E-state index in [1.54, 1.807) is 32.8 Å². The number of nitrogens with zero attached hydrogens (tertiary/aromatic N) is 1. The maximum Gasteiger partial charge on any atom is 1.00 e. The Morgan fingerprint density at radius 1 is 1.40 bits per heavy atom. The fourth-order valence-corrected chi connectivity index (χ4v) is 0.183. The molecule has 0 N–H and O–H groups in total. The van der Waals surface area contributed by atoms with E-state index in [4.69, 9.17) is 0 Å². The van der Waals surface area contributed by atoms with Crippen molar-refractivity contribution < 1.29 is 61.3 Å². The molecule has 0 heterocycles. The van der Waals surface area contributed by atoms with Crippen molar-refractivity contribution >= 4 is 5.97 Å². The molecule has 0 aromatic heterocycles. The first-order valence-electron chi connectivity index (χ1n) is 2.78. The maximum atomic E-state index is 10.3. The van der Waals surface area contributed by atoms with Crippen LogP contribution in [0.4, 0.5) is 0 Å². The normalized spacial score (nSPS) is 10.9. The van der Waals surface area contributed by atoms with Crippen LogP contribution in [0.5, 0.6) is 0 Å². The number of likely N-dealkylation sites (N-methyl/N-ethyl adjacent to an activating group) is 1. The Kier molecular flexibility index (Phi) is 6.61. The minimum Gasteiger partial charge on any atom is -0.548 e. The third-order valence-corrected chi connectivity index (χ3v) is 1.62. The summed E-state index contributed by atoms with van der Waals surface area (Å²) < 4.78 is 0. The second kappa shape index (κ2) is 4.85. The van der Waals surface area contributed by atoms with Crippen LogP contribution in [0.15, 0.2) is 0 Å². The van der Waals surface area contributed by atoms with E-state index in [2.05, 4.69) is 0 Å². The summed E-state index contributed by atoms with van der Waals surface area (Å²) in [6, 6.07) is 0. The van der Waals surface area contributed by atoms with Crippen LogP contribution >= 0.6 is 0 Å². The fourth-order valence-electron chi connectivity index (χ4n) is 0.183. The first kappa shape index (κ1) is 13.6. The molecule has 0 bridgehead atoms. The molecular weight excluding hydrogens is 157 g/mol. The molecule has 4 heteroatoms. The first-order chi connectivity index (χ1) is 3.89. The summed E-state index contributed by atoms with van der Waals surface area (Å²) in [5.74, 6) is -1.05. The monoisotopic (exact) mass is 169 g/mol. The Labute approximate surface area is 104 Å². The molecule has 0 aliphatic heterocycles. The number of carbonyl (C=O) groups excluding carboxylic acids is 1. The molecule has 0 unspecified atom stereocenters. The van der Waals surface area contributed by atoms with Gasteiger partial charge in [-0.15, -0.1) is 0 Å². The van der Waals surface area contributed by atoms with E-state index in [0.29, 0.717) is 0 Å². The van der Waals surface area contributed by atoms with Gasteiger partial charge in [0, 0.05) is 0 Å². The number of hydrogen-bond donors (Lipinski definition) is 0. The van der Waals surface area contributed by atoms with Crippen LogP contribution in [0.2, 0.25) is 0 Å². The van der Waals surface area contributed by atoms with Gasteiger partial charge < -0.3 is 9.90 Å². The smallest absolute Gasteiger partial charge is 0.548 e. The average Bonchev–Trinajstić information content (AvgIpc) is 1.65. The molecule has 0 atom stereocenters. The molecule has 3 nitrogen and oxygen atoms in total. The van der Waals surface area contributed by atoms with Crippen molar-refractivity contribution in [2.24, 2.45) is 0 Å². The summed E-state index contributed by atoms with van der Waals surface area (Å²) in [7, 11) is 3.41. The van der Waals surface area contributed by atoms with Gasteiger partial charge in [0.05, 0.1) is 11.5 Å². The van der Waals surface area contributed by atoms with Crippen molar-refractivity contribution in [3.63, 3.8) is 0 Å². The zero-order valence-corrected chi connectivity index (χ0v) is 10.4. The minimum absolute atomic E-state index is 0. The van der Waals surface area contributed by atoms with Crippen LogP contribution in [-0.4, -0.2) is 30.5 Å². The Hall–Kier alpha value is 1.07. The summed E-state index contributed by atoms with van der Waals surface area (Å²) >= 11 is 0. The van der Waals surface area contributed by atoms with Gasteiger partial charge in [0.1, 0.15) is 0 Å². The van der Waals surface area contributed by atoms with E-state index in [9.17, 15) is 9.90 Å². The van der Waals surface area contributed by atoms with Gasteiger partial charge in [0.25, 0.3) is 0 Å². The molecule has 0 spiro atoms. The van der Waals surface area contributed by atoms with Crippen LogP contribution in [0.25, 0.3) is 0 Å². The third-order valence-electron chi connectivity index (χ3n) is 1.62. The van der Waals surface area contributed by atoms with Crippen molar-refractivity contribution in [3.05, 3.63) is 0 Å². The largest absolute Gasteiger partial charge is 1.00 e. The Morgan fingerprint density at radius 3 is 1.70 bits per heavy atom. The SMILES string of the molecule is CN(C)C(C)(C)C(=O)[O-].[K+]. The van der Waals surface area contributed by atoms with Gasteiger partial charge in [-0.05, 0) is 27.9 Å². The van der Waals surface area contributed by atoms with Crippen LogP contribution in [-0.2, 0) is 4.79 Å². The van der Waals surface area contributed by atoms with E-state index in [-0.39, 0.29) is 51.4 Å². The van der Waals surface area contributed by atoms with E-state index >= 15 is 0 Å². The predicted octanol–water partition coefficient (Wildman–Crippen LogP) is -3.92. The van der Waals surface area contributed by atoms with Crippen LogP contribution in [0.3, 0.4) is 0 Å². The quantitative estimate of drug-likeness (QED) is 0.397. The molecule has 0 saturated carbocycles. The van der Waals surface area contributed by atoms with Crippen molar-refractivity contribution in [1.82, 2.24) is 4.90 Å². The second-order valence-electron chi connectivity index (χ2n) is 2.74. The number of aliphatic carboxylic acids is 1. The van der Waals surface area contributed by atoms with Crippen molar-refractivity contribution in [2.45, 2.75) is 19.4 Å². The van der Waals surface area contributed by atoms with Crippen molar-refractivity contribution in [2.75, 3.05) is 14.1 Å². The summed E-state index contributed by atoms with van der Waals surface area (Å²) in [4.78, 5) is 11.9. The molecule has 0 amide bonds. The predicted molar refractivity (Wildman–Crippen MR) is 32.8 cm³/mol. The number of hydrogen-bond acceptors (Lipinski definition) is 3. The molecule has 0 fully saturated rings. The van der Waals surface area contributed by atoms with Gasteiger partial charge in [-0.3, -0.25) is 4.90 Å². The number of carboxylic acids is 1. The first-order valence-corrected chi connectivity index (χ1v) is 2.78. The maximum absolute atomic E-state index is 10.3. The number of rotatable bonds is 2. The minimum atomic E-state index is -1.05. The molecule has 0 aliphatic rings. The summed E-state index contributed by atoms with van der Waals surface area (Å²) in [6.45, 7) is 3.20. The second-order valence-corrected chi connectivity index (χ2v) is 2.74. The summed E-state index contributed by atoms with van der Waals surface area (Å²) in [5.41, 5.74) is -0.861. The molecule has 0 radical (unpaired) electrons. The van der Waals surface area contributed by atoms with E-state index in [1.807, 2.05) is 0 Å². The number of carbonyl (C=O) groups is 1. The summed E-state index contributed by atoms with van der Waals surface area (Å²) in [5, 5.41) is 10.3.